The van der Waals surface area contributed by atoms with E-state index in [9.17, 15) is 9.59 Å². The van der Waals surface area contributed by atoms with Crippen LogP contribution in [0.15, 0.2) is 29.4 Å². The number of esters is 2. The second-order valence-corrected chi connectivity index (χ2v) is 5.25. The first kappa shape index (κ1) is 18.3. The molecular formula is C14H17ClN2O4S. The highest BCUT2D eigenvalue weighted by Crippen LogP contribution is 2.14. The summed E-state index contributed by atoms with van der Waals surface area (Å²) < 4.78 is 9.71. The third-order valence-electron chi connectivity index (χ3n) is 2.21. The van der Waals surface area contributed by atoms with Crippen molar-refractivity contribution in [2.75, 3.05) is 24.4 Å². The predicted octanol–water partition coefficient (Wildman–Crippen LogP) is 2.92. The van der Waals surface area contributed by atoms with E-state index >= 15 is 0 Å². The van der Waals surface area contributed by atoms with Gasteiger partial charge in [-0.2, -0.15) is 5.10 Å². The first-order chi connectivity index (χ1) is 10.6. The van der Waals surface area contributed by atoms with E-state index in [1.165, 1.54) is 0 Å². The number of nitrogens with one attached hydrogen (secondary N) is 1. The SMILES string of the molecule is CCOC(=O)CSC(=NNc1ccc(Cl)cc1)C(=O)OCC. The van der Waals surface area contributed by atoms with Crippen LogP contribution in [0, 0.1) is 0 Å². The second kappa shape index (κ2) is 10.1. The van der Waals surface area contributed by atoms with Crippen LogP contribution in [0.25, 0.3) is 0 Å². The predicted molar refractivity (Wildman–Crippen MR) is 88.2 cm³/mol. The first-order valence-corrected chi connectivity index (χ1v) is 7.98. The molecular weight excluding hydrogens is 328 g/mol. The van der Waals surface area contributed by atoms with Gasteiger partial charge in [-0.1, -0.05) is 23.4 Å². The van der Waals surface area contributed by atoms with Gasteiger partial charge in [-0.3, -0.25) is 10.2 Å². The fourth-order valence-corrected chi connectivity index (χ4v) is 2.05. The normalized spacial score (nSPS) is 11.0. The van der Waals surface area contributed by atoms with Gasteiger partial charge in [-0.25, -0.2) is 4.79 Å². The van der Waals surface area contributed by atoms with E-state index in [1.807, 2.05) is 0 Å². The van der Waals surface area contributed by atoms with Crippen molar-refractivity contribution in [1.29, 1.82) is 0 Å². The second-order valence-electron chi connectivity index (χ2n) is 3.85. The van der Waals surface area contributed by atoms with Crippen LogP contribution in [-0.4, -0.2) is 35.9 Å². The summed E-state index contributed by atoms with van der Waals surface area (Å²) in [6.07, 6.45) is 0. The van der Waals surface area contributed by atoms with Crippen LogP contribution in [0.1, 0.15) is 13.8 Å². The number of halogens is 1. The van der Waals surface area contributed by atoms with E-state index in [0.717, 1.165) is 11.8 Å². The number of rotatable bonds is 6. The molecule has 0 aliphatic heterocycles. The van der Waals surface area contributed by atoms with Crippen molar-refractivity contribution >= 4 is 46.0 Å². The molecule has 1 N–H and O–H groups in total. The molecule has 0 fully saturated rings. The molecule has 0 saturated heterocycles. The molecule has 0 aliphatic carbocycles. The summed E-state index contributed by atoms with van der Waals surface area (Å²) in [5.41, 5.74) is 3.38. The van der Waals surface area contributed by atoms with Gasteiger partial charge >= 0.3 is 11.9 Å². The molecule has 0 radical (unpaired) electrons. The maximum atomic E-state index is 11.8. The standard InChI is InChI=1S/C14H17ClN2O4S/c1-3-20-12(18)9-22-13(14(19)21-4-2)17-16-11-7-5-10(15)6-8-11/h5-8,16H,3-4,9H2,1-2H3. The third-order valence-corrected chi connectivity index (χ3v) is 3.38. The molecule has 0 bridgehead atoms. The number of anilines is 1. The zero-order chi connectivity index (χ0) is 16.4. The number of ether oxygens (including phenoxy) is 2. The topological polar surface area (TPSA) is 77.0 Å². The number of hydrazone groups is 1. The van der Waals surface area contributed by atoms with E-state index in [2.05, 4.69) is 10.5 Å². The van der Waals surface area contributed by atoms with Crippen LogP contribution in [0.3, 0.4) is 0 Å². The Labute approximate surface area is 138 Å². The van der Waals surface area contributed by atoms with Crippen molar-refractivity contribution < 1.29 is 19.1 Å². The zero-order valence-electron chi connectivity index (χ0n) is 12.3. The van der Waals surface area contributed by atoms with Crippen molar-refractivity contribution in [1.82, 2.24) is 0 Å². The molecule has 0 unspecified atom stereocenters. The van der Waals surface area contributed by atoms with Crippen LogP contribution in [0.2, 0.25) is 5.02 Å². The van der Waals surface area contributed by atoms with Gasteiger partial charge < -0.3 is 9.47 Å². The number of hydrogen-bond donors (Lipinski definition) is 1. The molecule has 1 aromatic rings. The minimum absolute atomic E-state index is 0.0201. The van der Waals surface area contributed by atoms with Crippen molar-refractivity contribution in [3.63, 3.8) is 0 Å². The molecule has 8 heteroatoms. The lowest BCUT2D eigenvalue weighted by Crippen LogP contribution is -2.18. The van der Waals surface area contributed by atoms with Gasteiger partial charge in [0.15, 0.2) is 0 Å². The summed E-state index contributed by atoms with van der Waals surface area (Å²) in [6.45, 7) is 3.91. The Kier molecular flexibility index (Phi) is 8.39. The third kappa shape index (κ3) is 6.82. The van der Waals surface area contributed by atoms with E-state index in [-0.39, 0.29) is 24.0 Å². The van der Waals surface area contributed by atoms with E-state index in [1.54, 1.807) is 38.1 Å². The fourth-order valence-electron chi connectivity index (χ4n) is 1.30. The zero-order valence-corrected chi connectivity index (χ0v) is 13.9. The highest BCUT2D eigenvalue weighted by atomic mass is 35.5. The Morgan fingerprint density at radius 1 is 1.18 bits per heavy atom. The monoisotopic (exact) mass is 344 g/mol. The molecule has 0 aromatic heterocycles. The van der Waals surface area contributed by atoms with Crippen LogP contribution in [0.4, 0.5) is 5.69 Å². The molecule has 1 rings (SSSR count). The molecule has 0 aliphatic rings. The van der Waals surface area contributed by atoms with Gasteiger partial charge in [-0.15, -0.1) is 0 Å². The van der Waals surface area contributed by atoms with E-state index < -0.39 is 11.9 Å². The number of thioether (sulfide) groups is 1. The van der Waals surface area contributed by atoms with Crippen LogP contribution >= 0.6 is 23.4 Å². The Balaban J connectivity index is 2.71. The summed E-state index contributed by atoms with van der Waals surface area (Å²) in [6, 6.07) is 6.81. The van der Waals surface area contributed by atoms with Crippen molar-refractivity contribution in [3.8, 4) is 0 Å². The summed E-state index contributed by atoms with van der Waals surface area (Å²) in [4.78, 5) is 23.2. The quantitative estimate of drug-likeness (QED) is 0.370. The van der Waals surface area contributed by atoms with Crippen molar-refractivity contribution in [3.05, 3.63) is 29.3 Å². The van der Waals surface area contributed by atoms with Crippen molar-refractivity contribution in [2.45, 2.75) is 13.8 Å². The Morgan fingerprint density at radius 3 is 2.41 bits per heavy atom. The lowest BCUT2D eigenvalue weighted by Gasteiger charge is -2.07. The molecule has 0 saturated carbocycles. The Bertz CT molecular complexity index is 534. The van der Waals surface area contributed by atoms with Crippen molar-refractivity contribution in [2.24, 2.45) is 5.10 Å². The Morgan fingerprint density at radius 2 is 1.82 bits per heavy atom. The maximum absolute atomic E-state index is 11.8. The van der Waals surface area contributed by atoms with Crippen LogP contribution in [-0.2, 0) is 19.1 Å². The number of benzene rings is 1. The molecule has 120 valence electrons. The average Bonchev–Trinajstić information content (AvgIpc) is 2.49. The van der Waals surface area contributed by atoms with Gasteiger partial charge in [0, 0.05) is 5.02 Å². The van der Waals surface area contributed by atoms with Gasteiger partial charge in [0.25, 0.3) is 0 Å². The molecule has 0 atom stereocenters. The molecule has 0 spiro atoms. The number of carbonyl (C=O) groups is 2. The maximum Gasteiger partial charge on any atom is 0.365 e. The molecule has 0 heterocycles. The number of hydrogen-bond acceptors (Lipinski definition) is 7. The molecule has 1 aromatic carbocycles. The van der Waals surface area contributed by atoms with E-state index in [0.29, 0.717) is 10.7 Å². The Hall–Kier alpha value is -1.73. The van der Waals surface area contributed by atoms with Crippen LogP contribution < -0.4 is 5.43 Å². The summed E-state index contributed by atoms with van der Waals surface area (Å²) in [5, 5.41) is 4.62. The van der Waals surface area contributed by atoms with Gasteiger partial charge in [0.2, 0.25) is 5.04 Å². The van der Waals surface area contributed by atoms with Gasteiger partial charge in [-0.05, 0) is 38.1 Å². The summed E-state index contributed by atoms with van der Waals surface area (Å²) in [7, 11) is 0. The molecule has 22 heavy (non-hydrogen) atoms. The summed E-state index contributed by atoms with van der Waals surface area (Å²) in [5.74, 6) is -1.04. The average molecular weight is 345 g/mol. The fraction of sp³-hybridized carbons (Fsp3) is 0.357. The van der Waals surface area contributed by atoms with Gasteiger partial charge in [0.05, 0.1) is 24.7 Å². The highest BCUT2D eigenvalue weighted by Gasteiger charge is 2.16. The first-order valence-electron chi connectivity index (χ1n) is 6.61. The summed E-state index contributed by atoms with van der Waals surface area (Å²) >= 11 is 6.74. The smallest absolute Gasteiger partial charge is 0.365 e. The highest BCUT2D eigenvalue weighted by molar-refractivity contribution is 8.16. The van der Waals surface area contributed by atoms with Crippen LogP contribution in [0.5, 0.6) is 0 Å². The molecule has 6 nitrogen and oxygen atoms in total. The lowest BCUT2D eigenvalue weighted by atomic mass is 10.3. The van der Waals surface area contributed by atoms with Gasteiger partial charge in [0.1, 0.15) is 0 Å². The number of nitrogens with zero attached hydrogens (tertiary/aromatic N) is 1. The number of carbonyl (C=O) groups excluding carboxylic acids is 2. The minimum atomic E-state index is -0.599. The largest absolute Gasteiger partial charge is 0.465 e. The minimum Gasteiger partial charge on any atom is -0.465 e. The lowest BCUT2D eigenvalue weighted by molar-refractivity contribution is -0.139. The van der Waals surface area contributed by atoms with E-state index in [4.69, 9.17) is 21.1 Å². The molecule has 0 amide bonds.